The molecule has 0 aliphatic carbocycles. The van der Waals surface area contributed by atoms with Crippen LogP contribution in [-0.2, 0) is 0 Å². The Hall–Kier alpha value is -1.37. The molecule has 17 heavy (non-hydrogen) atoms. The lowest BCUT2D eigenvalue weighted by atomic mass is 10.3. The lowest BCUT2D eigenvalue weighted by Gasteiger charge is -2.09. The van der Waals surface area contributed by atoms with Crippen LogP contribution in [0.25, 0.3) is 0 Å². The van der Waals surface area contributed by atoms with Crippen molar-refractivity contribution in [3.8, 4) is 0 Å². The molecule has 5 nitrogen and oxygen atoms in total. The molecule has 0 radical (unpaired) electrons. The second-order valence-electron chi connectivity index (χ2n) is 3.15. The van der Waals surface area contributed by atoms with Gasteiger partial charge in [0, 0.05) is 10.2 Å². The topological polar surface area (TPSA) is 70.1 Å². The van der Waals surface area contributed by atoms with Crippen LogP contribution in [0.1, 0.15) is 0 Å². The Morgan fingerprint density at radius 2 is 2.18 bits per heavy atom. The molecule has 0 bridgehead atoms. The molecule has 0 atom stereocenters. The number of hydrogen-bond acceptors (Lipinski definition) is 5. The van der Waals surface area contributed by atoms with E-state index in [0.717, 1.165) is 10.2 Å². The molecular weight excluding hydrogens is 307 g/mol. The zero-order valence-electron chi connectivity index (χ0n) is 8.48. The average molecular weight is 316 g/mol. The van der Waals surface area contributed by atoms with Gasteiger partial charge < -0.3 is 5.32 Å². The third kappa shape index (κ3) is 3.06. The molecule has 0 saturated carbocycles. The monoisotopic (exact) mass is 314 g/mol. The van der Waals surface area contributed by atoms with Crippen LogP contribution in [0.2, 0.25) is 5.28 Å². The number of aromatic nitrogens is 2. The summed E-state index contributed by atoms with van der Waals surface area (Å²) in [6, 6.07) is 7.52. The number of halogens is 2. The normalized spacial score (nSPS) is 10.1. The summed E-state index contributed by atoms with van der Waals surface area (Å²) in [5, 5.41) is 12.0. The van der Waals surface area contributed by atoms with Crippen LogP contribution in [0.4, 0.5) is 17.2 Å². The van der Waals surface area contributed by atoms with E-state index < -0.39 is 0 Å². The van der Waals surface area contributed by atoms with Crippen LogP contribution in [0.3, 0.4) is 0 Å². The van der Waals surface area contributed by atoms with Crippen molar-refractivity contribution >= 4 is 44.7 Å². The Bertz CT molecular complexity index is 537. The molecule has 88 valence electrons. The lowest BCUT2D eigenvalue weighted by Crippen LogP contribution is -2.01. The highest BCUT2D eigenvalue weighted by Crippen LogP contribution is 2.24. The Morgan fingerprint density at radius 3 is 2.88 bits per heavy atom. The molecule has 0 saturated heterocycles. The first-order valence-electron chi connectivity index (χ1n) is 4.64. The van der Waals surface area contributed by atoms with Gasteiger partial charge in [-0.05, 0) is 29.8 Å². The van der Waals surface area contributed by atoms with E-state index in [1.54, 1.807) is 0 Å². The van der Waals surface area contributed by atoms with Crippen molar-refractivity contribution in [2.24, 2.45) is 0 Å². The van der Waals surface area contributed by atoms with Crippen molar-refractivity contribution < 1.29 is 5.21 Å². The Kier molecular flexibility index (Phi) is 3.78. The minimum absolute atomic E-state index is 0.0986. The minimum atomic E-state index is 0.0986. The third-order valence-electron chi connectivity index (χ3n) is 1.97. The van der Waals surface area contributed by atoms with Gasteiger partial charge in [0.15, 0.2) is 5.82 Å². The van der Waals surface area contributed by atoms with Gasteiger partial charge in [0.2, 0.25) is 5.28 Å². The van der Waals surface area contributed by atoms with E-state index in [9.17, 15) is 0 Å². The van der Waals surface area contributed by atoms with E-state index in [4.69, 9.17) is 16.8 Å². The molecule has 1 aromatic heterocycles. The van der Waals surface area contributed by atoms with E-state index in [-0.39, 0.29) is 5.28 Å². The van der Waals surface area contributed by atoms with E-state index in [1.165, 1.54) is 6.20 Å². The van der Waals surface area contributed by atoms with Crippen molar-refractivity contribution in [3.05, 3.63) is 40.2 Å². The molecule has 0 aliphatic heterocycles. The third-order valence-corrected chi connectivity index (χ3v) is 2.64. The largest absolute Gasteiger partial charge is 0.338 e. The highest BCUT2D eigenvalue weighted by molar-refractivity contribution is 9.10. The lowest BCUT2D eigenvalue weighted by molar-refractivity contribution is 0.388. The van der Waals surface area contributed by atoms with Crippen molar-refractivity contribution in [1.29, 1.82) is 0 Å². The van der Waals surface area contributed by atoms with Crippen molar-refractivity contribution in [2.75, 3.05) is 10.8 Å². The first-order chi connectivity index (χ1) is 8.19. The first kappa shape index (κ1) is 12.1. The summed E-state index contributed by atoms with van der Waals surface area (Å²) in [6.45, 7) is 0. The molecule has 0 amide bonds. The molecular formula is C10H8BrClN4O. The summed E-state index contributed by atoms with van der Waals surface area (Å²) in [5.41, 5.74) is 3.15. The maximum atomic E-state index is 8.92. The van der Waals surface area contributed by atoms with Gasteiger partial charge in [-0.3, -0.25) is 10.7 Å². The van der Waals surface area contributed by atoms with Gasteiger partial charge in [-0.2, -0.15) is 4.98 Å². The molecule has 0 unspecified atom stereocenters. The number of benzene rings is 1. The quantitative estimate of drug-likeness (QED) is 0.598. The maximum absolute atomic E-state index is 8.92. The molecule has 2 aromatic rings. The number of rotatable bonds is 3. The molecule has 3 N–H and O–H groups in total. The number of anilines is 3. The number of hydrogen-bond donors (Lipinski definition) is 3. The smallest absolute Gasteiger partial charge is 0.224 e. The summed E-state index contributed by atoms with van der Waals surface area (Å²) < 4.78 is 0.932. The van der Waals surface area contributed by atoms with Crippen LogP contribution >= 0.6 is 27.5 Å². The van der Waals surface area contributed by atoms with E-state index in [0.29, 0.717) is 11.5 Å². The SMILES string of the molecule is ONc1cnc(Cl)nc1Nc1cccc(Br)c1. The van der Waals surface area contributed by atoms with Gasteiger partial charge >= 0.3 is 0 Å². The van der Waals surface area contributed by atoms with Crippen LogP contribution in [0, 0.1) is 0 Å². The van der Waals surface area contributed by atoms with Gasteiger partial charge in [0.1, 0.15) is 5.69 Å². The predicted octanol–water partition coefficient (Wildman–Crippen LogP) is 3.44. The molecule has 0 spiro atoms. The van der Waals surface area contributed by atoms with Crippen LogP contribution in [0.5, 0.6) is 0 Å². The number of nitrogens with one attached hydrogen (secondary N) is 2. The second kappa shape index (κ2) is 5.31. The highest BCUT2D eigenvalue weighted by Gasteiger charge is 2.06. The second-order valence-corrected chi connectivity index (χ2v) is 4.40. The molecule has 0 aliphatic rings. The Balaban J connectivity index is 2.32. The van der Waals surface area contributed by atoms with Crippen molar-refractivity contribution in [3.63, 3.8) is 0 Å². The summed E-state index contributed by atoms with van der Waals surface area (Å²) in [5.74, 6) is 0.394. The summed E-state index contributed by atoms with van der Waals surface area (Å²) >= 11 is 9.05. The standard InChI is InChI=1S/C10H8BrClN4O/c11-6-2-1-3-7(4-6)14-9-8(16-17)5-13-10(12)15-9/h1-5,16-17H,(H,13,14,15). The highest BCUT2D eigenvalue weighted by atomic mass is 79.9. The zero-order valence-corrected chi connectivity index (χ0v) is 10.8. The fourth-order valence-electron chi connectivity index (χ4n) is 1.24. The fourth-order valence-corrected chi connectivity index (χ4v) is 1.77. The summed E-state index contributed by atoms with van der Waals surface area (Å²) in [6.07, 6.45) is 1.38. The van der Waals surface area contributed by atoms with Crippen LogP contribution in [0.15, 0.2) is 34.9 Å². The maximum Gasteiger partial charge on any atom is 0.224 e. The van der Waals surface area contributed by atoms with Crippen molar-refractivity contribution in [1.82, 2.24) is 9.97 Å². The molecule has 7 heteroatoms. The summed E-state index contributed by atoms with van der Waals surface area (Å²) in [7, 11) is 0. The zero-order chi connectivity index (χ0) is 12.3. The van der Waals surface area contributed by atoms with E-state index in [2.05, 4.69) is 31.2 Å². The van der Waals surface area contributed by atoms with Crippen LogP contribution < -0.4 is 10.8 Å². The molecule has 1 aromatic carbocycles. The van der Waals surface area contributed by atoms with E-state index in [1.807, 2.05) is 29.7 Å². The van der Waals surface area contributed by atoms with Gasteiger partial charge in [0.05, 0.1) is 6.20 Å². The minimum Gasteiger partial charge on any atom is -0.338 e. The van der Waals surface area contributed by atoms with Gasteiger partial charge in [-0.25, -0.2) is 4.98 Å². The molecule has 1 heterocycles. The first-order valence-corrected chi connectivity index (χ1v) is 5.81. The molecule has 0 fully saturated rings. The summed E-state index contributed by atoms with van der Waals surface area (Å²) in [4.78, 5) is 7.73. The Morgan fingerprint density at radius 1 is 1.35 bits per heavy atom. The number of nitrogens with zero attached hydrogens (tertiary/aromatic N) is 2. The van der Waals surface area contributed by atoms with Crippen LogP contribution in [-0.4, -0.2) is 15.2 Å². The van der Waals surface area contributed by atoms with E-state index >= 15 is 0 Å². The van der Waals surface area contributed by atoms with Gasteiger partial charge in [0.25, 0.3) is 0 Å². The predicted molar refractivity (Wildman–Crippen MR) is 69.9 cm³/mol. The Labute approximate surface area is 111 Å². The molecule has 2 rings (SSSR count). The van der Waals surface area contributed by atoms with Crippen molar-refractivity contribution in [2.45, 2.75) is 0 Å². The fraction of sp³-hybridized carbons (Fsp3) is 0. The van der Waals surface area contributed by atoms with Gasteiger partial charge in [-0.15, -0.1) is 0 Å². The average Bonchev–Trinajstić information content (AvgIpc) is 2.29. The van der Waals surface area contributed by atoms with Gasteiger partial charge in [-0.1, -0.05) is 22.0 Å².